The Hall–Kier alpha value is -3.03. The summed E-state index contributed by atoms with van der Waals surface area (Å²) in [6, 6.07) is 4.04. The first-order valence-corrected chi connectivity index (χ1v) is 9.23. The summed E-state index contributed by atoms with van der Waals surface area (Å²) < 4.78 is 30.0. The molecule has 2 heterocycles. The van der Waals surface area contributed by atoms with Crippen LogP contribution < -0.4 is 11.4 Å². The molecule has 0 radical (unpaired) electrons. The highest BCUT2D eigenvalue weighted by Crippen LogP contribution is 2.26. The first-order valence-electron chi connectivity index (χ1n) is 9.23. The molecule has 8 heteroatoms. The summed E-state index contributed by atoms with van der Waals surface area (Å²) in [6.07, 6.45) is 3.46. The summed E-state index contributed by atoms with van der Waals surface area (Å²) in [4.78, 5) is 29.3. The van der Waals surface area contributed by atoms with Crippen molar-refractivity contribution in [3.63, 3.8) is 0 Å². The maximum Gasteiger partial charge on any atom is 0.331 e. The molecule has 0 aliphatic heterocycles. The van der Waals surface area contributed by atoms with E-state index in [1.807, 2.05) is 6.92 Å². The molecule has 0 aliphatic carbocycles. The van der Waals surface area contributed by atoms with Gasteiger partial charge in [-0.25, -0.2) is 18.6 Å². The molecule has 0 fully saturated rings. The number of aromatic nitrogens is 3. The molecule has 6 nitrogen and oxygen atoms in total. The van der Waals surface area contributed by atoms with E-state index in [0.29, 0.717) is 35.3 Å². The van der Waals surface area contributed by atoms with Gasteiger partial charge in [-0.2, -0.15) is 0 Å². The molecule has 2 aromatic heterocycles. The number of nitrogens with two attached hydrogens (primary N) is 1. The first-order chi connectivity index (χ1) is 13.4. The number of carbonyl (C=O) groups is 1. The van der Waals surface area contributed by atoms with Crippen LogP contribution in [-0.2, 0) is 11.3 Å². The summed E-state index contributed by atoms with van der Waals surface area (Å²) in [7, 11) is 0. The fraction of sp³-hybridized carbons (Fsp3) is 0.350. The second-order valence-corrected chi connectivity index (χ2v) is 6.68. The lowest BCUT2D eigenvalue weighted by Gasteiger charge is -2.14. The molecule has 0 aliphatic rings. The van der Waals surface area contributed by atoms with Crippen molar-refractivity contribution in [3.8, 4) is 11.1 Å². The smallest absolute Gasteiger partial charge is 0.331 e. The number of imidazole rings is 1. The Bertz CT molecular complexity index is 1070. The Balaban J connectivity index is 2.22. The number of nitrogens with zero attached hydrogens (tertiary/aromatic N) is 3. The van der Waals surface area contributed by atoms with Crippen LogP contribution in [0.25, 0.3) is 22.3 Å². The monoisotopic (exact) mass is 388 g/mol. The van der Waals surface area contributed by atoms with Gasteiger partial charge in [0.25, 0.3) is 0 Å². The number of carbonyl (C=O) groups excluding carboxylic acids is 1. The summed E-state index contributed by atoms with van der Waals surface area (Å²) in [5, 5.41) is 0. The number of halogens is 2. The van der Waals surface area contributed by atoms with Crippen molar-refractivity contribution in [1.29, 1.82) is 0 Å². The topological polar surface area (TPSA) is 82.9 Å². The number of primary amides is 1. The first kappa shape index (κ1) is 19.7. The molecule has 1 unspecified atom stereocenters. The highest BCUT2D eigenvalue weighted by Gasteiger charge is 2.25. The molecule has 0 saturated carbocycles. The minimum atomic E-state index is -0.798. The number of fused-ring (bicyclic) bond motifs is 1. The number of amides is 1. The van der Waals surface area contributed by atoms with Crippen molar-refractivity contribution < 1.29 is 13.6 Å². The fourth-order valence-electron chi connectivity index (χ4n) is 3.41. The van der Waals surface area contributed by atoms with Crippen molar-refractivity contribution in [2.24, 2.45) is 5.73 Å². The average molecular weight is 388 g/mol. The van der Waals surface area contributed by atoms with Gasteiger partial charge in [0.2, 0.25) is 5.91 Å². The molecule has 3 rings (SSSR count). The lowest BCUT2D eigenvalue weighted by atomic mass is 10.1. The van der Waals surface area contributed by atoms with E-state index in [2.05, 4.69) is 4.98 Å². The molecular weight excluding hydrogens is 366 g/mol. The van der Waals surface area contributed by atoms with E-state index in [4.69, 9.17) is 5.73 Å². The number of aryl methyl sites for hydroxylation is 1. The molecular formula is C20H22F2N4O2. The van der Waals surface area contributed by atoms with Gasteiger partial charge in [0, 0.05) is 24.4 Å². The van der Waals surface area contributed by atoms with E-state index in [0.717, 1.165) is 18.9 Å². The van der Waals surface area contributed by atoms with Gasteiger partial charge in [0.1, 0.15) is 17.7 Å². The summed E-state index contributed by atoms with van der Waals surface area (Å²) in [6.45, 7) is 4.13. The van der Waals surface area contributed by atoms with Crippen LogP contribution in [0.2, 0.25) is 0 Å². The Morgan fingerprint density at radius 1 is 1.14 bits per heavy atom. The minimum Gasteiger partial charge on any atom is -0.368 e. The number of rotatable bonds is 7. The Labute approximate surface area is 160 Å². The van der Waals surface area contributed by atoms with Gasteiger partial charge in [-0.3, -0.25) is 13.9 Å². The molecule has 0 saturated heterocycles. The average Bonchev–Trinajstić information content (AvgIpc) is 2.92. The third kappa shape index (κ3) is 3.54. The zero-order chi connectivity index (χ0) is 20.4. The second kappa shape index (κ2) is 7.92. The normalized spacial score (nSPS) is 12.4. The standard InChI is InChI=1S/C20H22F2N4O2/c1-3-5-6-16(18(23)27)26-19-17(25(4-2)20(26)28)9-13(11-24-19)12-7-14(21)10-15(22)8-12/h7-11,16H,3-6H2,1-2H3,(H2,23,27). The molecule has 148 valence electrons. The van der Waals surface area contributed by atoms with Gasteiger partial charge in [-0.15, -0.1) is 0 Å². The van der Waals surface area contributed by atoms with Crippen LogP contribution in [0.4, 0.5) is 8.78 Å². The minimum absolute atomic E-state index is 0.312. The van der Waals surface area contributed by atoms with Crippen LogP contribution in [0.15, 0.2) is 35.3 Å². The van der Waals surface area contributed by atoms with Crippen molar-refractivity contribution >= 4 is 17.1 Å². The summed E-state index contributed by atoms with van der Waals surface area (Å²) in [5.74, 6) is -1.99. The third-order valence-electron chi connectivity index (χ3n) is 4.79. The van der Waals surface area contributed by atoms with Gasteiger partial charge in [0.15, 0.2) is 5.65 Å². The van der Waals surface area contributed by atoms with Gasteiger partial charge < -0.3 is 5.73 Å². The second-order valence-electron chi connectivity index (χ2n) is 6.68. The molecule has 2 N–H and O–H groups in total. The van der Waals surface area contributed by atoms with Crippen molar-refractivity contribution in [1.82, 2.24) is 14.1 Å². The van der Waals surface area contributed by atoms with Gasteiger partial charge in [-0.05, 0) is 37.1 Å². The highest BCUT2D eigenvalue weighted by molar-refractivity contribution is 5.83. The SMILES string of the molecule is CCCCC(C(N)=O)n1c(=O)n(CC)c2cc(-c3cc(F)cc(F)c3)cnc21. The molecule has 3 aromatic rings. The van der Waals surface area contributed by atoms with Crippen LogP contribution in [0.1, 0.15) is 39.2 Å². The molecule has 1 aromatic carbocycles. The lowest BCUT2D eigenvalue weighted by molar-refractivity contribution is -0.121. The lowest BCUT2D eigenvalue weighted by Crippen LogP contribution is -2.34. The number of pyridine rings is 1. The predicted molar refractivity (Wildman–Crippen MR) is 103 cm³/mol. The van der Waals surface area contributed by atoms with Crippen molar-refractivity contribution in [2.45, 2.75) is 45.7 Å². The zero-order valence-electron chi connectivity index (χ0n) is 15.8. The van der Waals surface area contributed by atoms with Gasteiger partial charge >= 0.3 is 5.69 Å². The number of benzene rings is 1. The van der Waals surface area contributed by atoms with E-state index < -0.39 is 23.6 Å². The van der Waals surface area contributed by atoms with E-state index in [1.54, 1.807) is 13.0 Å². The van der Waals surface area contributed by atoms with Crippen molar-refractivity contribution in [2.75, 3.05) is 0 Å². The number of hydrogen-bond donors (Lipinski definition) is 1. The summed E-state index contributed by atoms with van der Waals surface area (Å²) >= 11 is 0. The number of hydrogen-bond acceptors (Lipinski definition) is 3. The largest absolute Gasteiger partial charge is 0.368 e. The van der Waals surface area contributed by atoms with E-state index in [9.17, 15) is 18.4 Å². The Kier molecular flexibility index (Phi) is 5.58. The van der Waals surface area contributed by atoms with Crippen LogP contribution in [0.5, 0.6) is 0 Å². The fourth-order valence-corrected chi connectivity index (χ4v) is 3.41. The molecule has 1 atom stereocenters. The third-order valence-corrected chi connectivity index (χ3v) is 4.79. The molecule has 0 spiro atoms. The Morgan fingerprint density at radius 2 is 1.82 bits per heavy atom. The quantitative estimate of drug-likeness (QED) is 0.674. The zero-order valence-corrected chi connectivity index (χ0v) is 15.8. The van der Waals surface area contributed by atoms with Crippen LogP contribution in [-0.4, -0.2) is 20.0 Å². The number of unbranched alkanes of at least 4 members (excludes halogenated alkanes) is 1. The maximum atomic E-state index is 13.6. The van der Waals surface area contributed by atoms with Crippen LogP contribution >= 0.6 is 0 Å². The van der Waals surface area contributed by atoms with Crippen LogP contribution in [0, 0.1) is 11.6 Å². The Morgan fingerprint density at radius 3 is 2.39 bits per heavy atom. The van der Waals surface area contributed by atoms with Gasteiger partial charge in [-0.1, -0.05) is 19.8 Å². The highest BCUT2D eigenvalue weighted by atomic mass is 19.1. The predicted octanol–water partition coefficient (Wildman–Crippen LogP) is 3.38. The van der Waals surface area contributed by atoms with E-state index in [1.165, 1.54) is 27.5 Å². The van der Waals surface area contributed by atoms with Gasteiger partial charge in [0.05, 0.1) is 5.52 Å². The van der Waals surface area contributed by atoms with E-state index in [-0.39, 0.29) is 5.69 Å². The maximum absolute atomic E-state index is 13.6. The molecule has 0 bridgehead atoms. The van der Waals surface area contributed by atoms with Crippen molar-refractivity contribution in [3.05, 3.63) is 52.6 Å². The van der Waals surface area contributed by atoms with E-state index >= 15 is 0 Å². The molecule has 1 amide bonds. The van der Waals surface area contributed by atoms with Crippen LogP contribution in [0.3, 0.4) is 0 Å². The summed E-state index contributed by atoms with van der Waals surface area (Å²) in [5.41, 5.74) is 6.76. The molecule has 28 heavy (non-hydrogen) atoms.